The number of halogens is 1. The molecule has 0 spiro atoms. The van der Waals surface area contributed by atoms with Crippen LogP contribution in [0.1, 0.15) is 25.3 Å². The fourth-order valence-corrected chi connectivity index (χ4v) is 2.47. The fourth-order valence-electron chi connectivity index (χ4n) is 2.11. The third kappa shape index (κ3) is 3.40. The van der Waals surface area contributed by atoms with Gasteiger partial charge >= 0.3 is 5.97 Å². The number of nitrogens with one attached hydrogen (secondary N) is 2. The second kappa shape index (κ2) is 6.79. The van der Waals surface area contributed by atoms with Crippen LogP contribution in [0, 0.1) is 0 Å². The van der Waals surface area contributed by atoms with Gasteiger partial charge in [-0.25, -0.2) is 4.79 Å². The zero-order valence-corrected chi connectivity index (χ0v) is 13.0. The van der Waals surface area contributed by atoms with Crippen molar-refractivity contribution in [2.45, 2.75) is 19.8 Å². The van der Waals surface area contributed by atoms with Crippen molar-refractivity contribution in [1.82, 2.24) is 5.32 Å². The van der Waals surface area contributed by atoms with Gasteiger partial charge in [0.2, 0.25) is 0 Å². The van der Waals surface area contributed by atoms with Crippen molar-refractivity contribution in [2.75, 3.05) is 16.7 Å². The summed E-state index contributed by atoms with van der Waals surface area (Å²) in [6, 6.07) is 8.00. The van der Waals surface area contributed by atoms with Gasteiger partial charge in [0.1, 0.15) is 0 Å². The predicted molar refractivity (Wildman–Crippen MR) is 84.9 cm³/mol. The third-order valence-electron chi connectivity index (χ3n) is 3.01. The Kier molecular flexibility index (Phi) is 5.07. The van der Waals surface area contributed by atoms with E-state index in [-0.39, 0.29) is 5.97 Å². The highest BCUT2D eigenvalue weighted by Crippen LogP contribution is 2.25. The molecule has 2 rings (SSSR count). The van der Waals surface area contributed by atoms with Gasteiger partial charge in [-0.2, -0.15) is 0 Å². The van der Waals surface area contributed by atoms with Crippen molar-refractivity contribution in [2.24, 2.45) is 0 Å². The van der Waals surface area contributed by atoms with Gasteiger partial charge in [-0.1, -0.05) is 12.1 Å². The molecule has 1 aliphatic rings. The van der Waals surface area contributed by atoms with Gasteiger partial charge in [0.25, 0.3) is 0 Å². The molecule has 0 bridgehead atoms. The number of benzene rings is 1. The Hall–Kier alpha value is -1.24. The first-order chi connectivity index (χ1) is 9.26. The Bertz CT molecular complexity index is 483. The number of anilines is 1. The minimum atomic E-state index is -0.208. The maximum absolute atomic E-state index is 12.0. The van der Waals surface area contributed by atoms with E-state index in [1.54, 1.807) is 0 Å². The zero-order chi connectivity index (χ0) is 13.7. The molecule has 0 aromatic heterocycles. The monoisotopic (exact) mass is 372 g/mol. The fraction of sp³-hybridized carbons (Fsp3) is 0.357. The molecule has 5 heteroatoms. The molecular weight excluding hydrogens is 355 g/mol. The average molecular weight is 372 g/mol. The van der Waals surface area contributed by atoms with Crippen LogP contribution < -0.4 is 8.85 Å². The number of carbonyl (C=O) groups excluding carboxylic acids is 1. The van der Waals surface area contributed by atoms with Crippen molar-refractivity contribution < 1.29 is 9.53 Å². The summed E-state index contributed by atoms with van der Waals surface area (Å²) in [6.07, 6.45) is 1.73. The van der Waals surface area contributed by atoms with Crippen LogP contribution in [-0.4, -0.2) is 19.1 Å². The summed E-state index contributed by atoms with van der Waals surface area (Å²) in [4.78, 5) is 12.0. The van der Waals surface area contributed by atoms with E-state index in [1.807, 2.05) is 31.2 Å². The van der Waals surface area contributed by atoms with Gasteiger partial charge in [-0.15, -0.1) is 0 Å². The number of rotatable bonds is 4. The first kappa shape index (κ1) is 14.2. The van der Waals surface area contributed by atoms with Crippen LogP contribution in [0.25, 0.3) is 5.70 Å². The van der Waals surface area contributed by atoms with Crippen molar-refractivity contribution in [3.05, 3.63) is 35.4 Å². The van der Waals surface area contributed by atoms with Gasteiger partial charge in [0.15, 0.2) is 0 Å². The van der Waals surface area contributed by atoms with E-state index in [1.165, 1.54) is 0 Å². The molecular formula is C14H17IN2O2. The molecule has 19 heavy (non-hydrogen) atoms. The summed E-state index contributed by atoms with van der Waals surface area (Å²) in [5, 5.41) is 3.32. The van der Waals surface area contributed by atoms with Gasteiger partial charge in [0, 0.05) is 12.2 Å². The normalized spacial score (nSPS) is 14.8. The summed E-state index contributed by atoms with van der Waals surface area (Å²) < 4.78 is 8.18. The van der Waals surface area contributed by atoms with Crippen molar-refractivity contribution in [3.8, 4) is 0 Å². The molecule has 0 radical (unpaired) electrons. The highest BCUT2D eigenvalue weighted by Gasteiger charge is 2.20. The van der Waals surface area contributed by atoms with Crippen LogP contribution in [0.15, 0.2) is 29.8 Å². The molecule has 102 valence electrons. The lowest BCUT2D eigenvalue weighted by molar-refractivity contribution is -0.138. The lowest BCUT2D eigenvalue weighted by Crippen LogP contribution is -2.25. The Morgan fingerprint density at radius 3 is 2.79 bits per heavy atom. The SMILES string of the molecule is CCOC(=O)C1=C(c2ccc(NI)cc2)NCCC1. The smallest absolute Gasteiger partial charge is 0.336 e. The number of ether oxygens (including phenoxy) is 1. The van der Waals surface area contributed by atoms with Crippen molar-refractivity contribution in [1.29, 1.82) is 0 Å². The van der Waals surface area contributed by atoms with E-state index in [9.17, 15) is 4.79 Å². The average Bonchev–Trinajstić information content (AvgIpc) is 2.47. The van der Waals surface area contributed by atoms with Gasteiger partial charge < -0.3 is 13.6 Å². The zero-order valence-electron chi connectivity index (χ0n) is 10.8. The first-order valence-corrected chi connectivity index (χ1v) is 7.45. The summed E-state index contributed by atoms with van der Waals surface area (Å²) in [5.41, 5.74) is 3.73. The largest absolute Gasteiger partial charge is 0.463 e. The van der Waals surface area contributed by atoms with E-state index < -0.39 is 0 Å². The van der Waals surface area contributed by atoms with Crippen LogP contribution in [0.4, 0.5) is 5.69 Å². The molecule has 1 aliphatic heterocycles. The van der Waals surface area contributed by atoms with E-state index in [0.717, 1.165) is 41.9 Å². The minimum absolute atomic E-state index is 0.208. The minimum Gasteiger partial charge on any atom is -0.463 e. The maximum Gasteiger partial charge on any atom is 0.336 e. The number of esters is 1. The summed E-state index contributed by atoms with van der Waals surface area (Å²) >= 11 is 2.09. The molecule has 4 nitrogen and oxygen atoms in total. The number of hydrogen-bond donors (Lipinski definition) is 2. The highest BCUT2D eigenvalue weighted by molar-refractivity contribution is 14.1. The van der Waals surface area contributed by atoms with E-state index in [0.29, 0.717) is 6.61 Å². The first-order valence-electron chi connectivity index (χ1n) is 6.37. The number of carbonyl (C=O) groups is 1. The molecule has 1 aromatic rings. The van der Waals surface area contributed by atoms with Crippen LogP contribution in [0.5, 0.6) is 0 Å². The van der Waals surface area contributed by atoms with Crippen LogP contribution in [0.2, 0.25) is 0 Å². The maximum atomic E-state index is 12.0. The molecule has 0 saturated carbocycles. The van der Waals surface area contributed by atoms with Crippen LogP contribution >= 0.6 is 22.9 Å². The summed E-state index contributed by atoms with van der Waals surface area (Å²) in [6.45, 7) is 3.13. The lowest BCUT2D eigenvalue weighted by atomic mass is 9.99. The standard InChI is InChI=1S/C14H17IN2O2/c1-2-19-14(18)12-4-3-9-16-13(12)10-5-7-11(17-15)8-6-10/h5-8,16-17H,2-4,9H2,1H3. The van der Waals surface area contributed by atoms with Gasteiger partial charge in [0.05, 0.1) is 40.7 Å². The topological polar surface area (TPSA) is 50.4 Å². The second-order valence-electron chi connectivity index (χ2n) is 4.28. The molecule has 1 heterocycles. The van der Waals surface area contributed by atoms with E-state index in [4.69, 9.17) is 4.74 Å². The molecule has 0 fully saturated rings. The van der Waals surface area contributed by atoms with E-state index in [2.05, 4.69) is 31.7 Å². The molecule has 0 atom stereocenters. The molecule has 0 unspecified atom stereocenters. The lowest BCUT2D eigenvalue weighted by Gasteiger charge is -2.21. The summed E-state index contributed by atoms with van der Waals surface area (Å²) in [5.74, 6) is -0.208. The Morgan fingerprint density at radius 1 is 1.42 bits per heavy atom. The molecule has 0 saturated heterocycles. The Labute approximate surface area is 127 Å². The Morgan fingerprint density at radius 2 is 2.16 bits per heavy atom. The number of hydrogen-bond acceptors (Lipinski definition) is 4. The van der Waals surface area contributed by atoms with Gasteiger partial charge in [-0.3, -0.25) is 0 Å². The van der Waals surface area contributed by atoms with Crippen molar-refractivity contribution >= 4 is 40.2 Å². The van der Waals surface area contributed by atoms with Crippen molar-refractivity contribution in [3.63, 3.8) is 0 Å². The quantitative estimate of drug-likeness (QED) is 0.485. The molecule has 2 N–H and O–H groups in total. The van der Waals surface area contributed by atoms with Crippen LogP contribution in [0.3, 0.4) is 0 Å². The van der Waals surface area contributed by atoms with E-state index >= 15 is 0 Å². The predicted octanol–water partition coefficient (Wildman–Crippen LogP) is 3.11. The van der Waals surface area contributed by atoms with Gasteiger partial charge in [-0.05, 0) is 37.5 Å². The summed E-state index contributed by atoms with van der Waals surface area (Å²) in [7, 11) is 0. The molecule has 1 aromatic carbocycles. The molecule has 0 amide bonds. The van der Waals surface area contributed by atoms with Crippen LogP contribution in [-0.2, 0) is 9.53 Å². The second-order valence-corrected chi connectivity index (χ2v) is 4.82. The Balaban J connectivity index is 2.33. The third-order valence-corrected chi connectivity index (χ3v) is 3.63. The highest BCUT2D eigenvalue weighted by atomic mass is 127. The molecule has 0 aliphatic carbocycles.